The number of unbranched alkanes of at least 4 members (excludes halogenated alkanes) is 3. The highest BCUT2D eigenvalue weighted by Crippen LogP contribution is 2.31. The standard InChI is InChI=1S/C24H29I3N2O4/c1-3-4-5-9-14-32-16(2)33-20(30)12-13-29(17-10-7-6-8-11-17)24(31)21-18(25)15-19(26)23(28)22(21)27/h6-8,10-11,15-16H,3-5,9,12-14,28H2,1-2H3. The highest BCUT2D eigenvalue weighted by molar-refractivity contribution is 14.1. The summed E-state index contributed by atoms with van der Waals surface area (Å²) in [6, 6.07) is 11.2. The van der Waals surface area contributed by atoms with Gasteiger partial charge in [0.05, 0.1) is 27.8 Å². The van der Waals surface area contributed by atoms with Gasteiger partial charge in [0, 0.05) is 19.4 Å². The molecule has 0 aromatic heterocycles. The van der Waals surface area contributed by atoms with Crippen LogP contribution in [0.4, 0.5) is 11.4 Å². The Hall–Kier alpha value is -0.670. The van der Waals surface area contributed by atoms with Crippen molar-refractivity contribution >= 4 is 91.0 Å². The van der Waals surface area contributed by atoms with Crippen molar-refractivity contribution in [2.24, 2.45) is 0 Å². The molecule has 0 aliphatic heterocycles. The normalized spacial score (nSPS) is 11.8. The number of nitrogens with zero attached hydrogens (tertiary/aromatic N) is 1. The minimum absolute atomic E-state index is 0.0528. The first-order valence-corrected chi connectivity index (χ1v) is 14.1. The molecule has 2 aromatic carbocycles. The van der Waals surface area contributed by atoms with Crippen molar-refractivity contribution in [3.8, 4) is 0 Å². The average molecular weight is 790 g/mol. The molecule has 0 bridgehead atoms. The highest BCUT2D eigenvalue weighted by Gasteiger charge is 2.25. The molecule has 1 amide bonds. The Morgan fingerprint density at radius 1 is 1.06 bits per heavy atom. The van der Waals surface area contributed by atoms with Crippen LogP contribution in [0.15, 0.2) is 36.4 Å². The summed E-state index contributed by atoms with van der Waals surface area (Å²) in [5.41, 5.74) is 8.02. The number of anilines is 2. The van der Waals surface area contributed by atoms with Crippen LogP contribution in [0.25, 0.3) is 0 Å². The minimum Gasteiger partial charge on any atom is -0.436 e. The Labute approximate surface area is 236 Å². The van der Waals surface area contributed by atoms with Crippen LogP contribution >= 0.6 is 67.8 Å². The molecule has 1 atom stereocenters. The fraction of sp³-hybridized carbons (Fsp3) is 0.417. The number of rotatable bonds is 12. The van der Waals surface area contributed by atoms with Crippen LogP contribution in [-0.2, 0) is 14.3 Å². The number of esters is 1. The van der Waals surface area contributed by atoms with Crippen molar-refractivity contribution in [2.45, 2.75) is 52.2 Å². The lowest BCUT2D eigenvalue weighted by molar-refractivity contribution is -0.174. The van der Waals surface area contributed by atoms with E-state index in [9.17, 15) is 9.59 Å². The summed E-state index contributed by atoms with van der Waals surface area (Å²) in [5, 5.41) is 0. The number of hydrogen-bond donors (Lipinski definition) is 1. The fourth-order valence-corrected chi connectivity index (χ4v) is 6.98. The number of hydrogen-bond acceptors (Lipinski definition) is 5. The predicted octanol–water partition coefficient (Wildman–Crippen LogP) is 6.61. The molecule has 0 saturated heterocycles. The summed E-state index contributed by atoms with van der Waals surface area (Å²) in [4.78, 5) is 27.6. The van der Waals surface area contributed by atoms with Crippen LogP contribution in [-0.4, -0.2) is 31.3 Å². The average Bonchev–Trinajstić information content (AvgIpc) is 2.78. The van der Waals surface area contributed by atoms with Gasteiger partial charge in [0.2, 0.25) is 0 Å². The molecule has 0 spiro atoms. The van der Waals surface area contributed by atoms with Crippen LogP contribution in [0.3, 0.4) is 0 Å². The van der Waals surface area contributed by atoms with Crippen LogP contribution in [0.1, 0.15) is 56.3 Å². The highest BCUT2D eigenvalue weighted by atomic mass is 127. The number of amides is 1. The molecule has 180 valence electrons. The number of halogens is 3. The zero-order chi connectivity index (χ0) is 24.4. The van der Waals surface area contributed by atoms with E-state index in [0.717, 1.165) is 26.4 Å². The van der Waals surface area contributed by atoms with E-state index in [1.807, 2.05) is 36.4 Å². The second kappa shape index (κ2) is 14.7. The summed E-state index contributed by atoms with van der Waals surface area (Å²) < 4.78 is 13.4. The van der Waals surface area contributed by atoms with E-state index < -0.39 is 12.3 Å². The molecule has 0 saturated carbocycles. The molecular weight excluding hydrogens is 761 g/mol. The summed E-state index contributed by atoms with van der Waals surface area (Å²) in [7, 11) is 0. The lowest BCUT2D eigenvalue weighted by Gasteiger charge is -2.24. The second-order valence-electron chi connectivity index (χ2n) is 7.47. The van der Waals surface area contributed by atoms with Gasteiger partial charge in [0.15, 0.2) is 6.29 Å². The maximum absolute atomic E-state index is 13.6. The number of carbonyl (C=O) groups excluding carboxylic acids is 2. The lowest BCUT2D eigenvalue weighted by Crippen LogP contribution is -2.35. The molecule has 1 unspecified atom stereocenters. The first kappa shape index (κ1) is 28.6. The summed E-state index contributed by atoms with van der Waals surface area (Å²) in [6.07, 6.45) is 3.82. The number of ether oxygens (including phenoxy) is 2. The van der Waals surface area contributed by atoms with E-state index >= 15 is 0 Å². The van der Waals surface area contributed by atoms with Crippen molar-refractivity contribution in [3.63, 3.8) is 0 Å². The Kier molecular flexibility index (Phi) is 12.7. The molecule has 2 N–H and O–H groups in total. The van der Waals surface area contributed by atoms with Gasteiger partial charge in [0.25, 0.3) is 5.91 Å². The maximum atomic E-state index is 13.6. The topological polar surface area (TPSA) is 81.9 Å². The largest absolute Gasteiger partial charge is 0.436 e. The maximum Gasteiger partial charge on any atom is 0.309 e. The number of nitrogens with two attached hydrogens (primary N) is 1. The lowest BCUT2D eigenvalue weighted by atomic mass is 10.1. The summed E-state index contributed by atoms with van der Waals surface area (Å²) in [5.74, 6) is -0.609. The van der Waals surface area contributed by atoms with Crippen molar-refractivity contribution in [3.05, 3.63) is 52.7 Å². The first-order chi connectivity index (χ1) is 15.8. The van der Waals surface area contributed by atoms with Crippen LogP contribution in [0.5, 0.6) is 0 Å². The number of nitrogen functional groups attached to an aromatic ring is 1. The van der Waals surface area contributed by atoms with Crippen molar-refractivity contribution < 1.29 is 19.1 Å². The zero-order valence-corrected chi connectivity index (χ0v) is 25.3. The monoisotopic (exact) mass is 790 g/mol. The second-order valence-corrected chi connectivity index (χ2v) is 10.9. The van der Waals surface area contributed by atoms with E-state index in [-0.39, 0.29) is 18.9 Å². The molecular formula is C24H29I3N2O4. The van der Waals surface area contributed by atoms with Gasteiger partial charge in [-0.2, -0.15) is 0 Å². The minimum atomic E-state index is -0.613. The van der Waals surface area contributed by atoms with Crippen LogP contribution in [0, 0.1) is 10.7 Å². The molecule has 0 heterocycles. The van der Waals surface area contributed by atoms with Gasteiger partial charge in [-0.3, -0.25) is 9.59 Å². The van der Waals surface area contributed by atoms with E-state index in [4.69, 9.17) is 15.2 Å². The van der Waals surface area contributed by atoms with Gasteiger partial charge < -0.3 is 20.1 Å². The summed E-state index contributed by atoms with van der Waals surface area (Å²) >= 11 is 6.43. The van der Waals surface area contributed by atoms with Crippen molar-refractivity contribution in [1.82, 2.24) is 0 Å². The number of benzene rings is 2. The zero-order valence-electron chi connectivity index (χ0n) is 18.8. The van der Waals surface area contributed by atoms with Crippen LogP contribution < -0.4 is 10.6 Å². The van der Waals surface area contributed by atoms with Gasteiger partial charge in [-0.15, -0.1) is 0 Å². The molecule has 2 rings (SSSR count). The SMILES string of the molecule is CCCCCCOC(C)OC(=O)CCN(C(=O)c1c(I)cc(I)c(N)c1I)c1ccccc1. The Bertz CT molecular complexity index is 941. The molecule has 0 fully saturated rings. The molecule has 33 heavy (non-hydrogen) atoms. The van der Waals surface area contributed by atoms with Gasteiger partial charge in [-0.25, -0.2) is 0 Å². The number of carbonyl (C=O) groups is 2. The van der Waals surface area contributed by atoms with E-state index in [2.05, 4.69) is 74.7 Å². The third-order valence-electron chi connectivity index (χ3n) is 4.92. The van der Waals surface area contributed by atoms with Gasteiger partial charge in [-0.1, -0.05) is 44.4 Å². The Morgan fingerprint density at radius 2 is 1.76 bits per heavy atom. The predicted molar refractivity (Wildman–Crippen MR) is 157 cm³/mol. The molecule has 9 heteroatoms. The quantitative estimate of drug-likeness (QED) is 0.0862. The Morgan fingerprint density at radius 3 is 2.42 bits per heavy atom. The molecule has 0 aliphatic carbocycles. The van der Waals surface area contributed by atoms with Crippen LogP contribution in [0.2, 0.25) is 0 Å². The third-order valence-corrected chi connectivity index (χ3v) is 7.78. The summed E-state index contributed by atoms with van der Waals surface area (Å²) in [6.45, 7) is 4.62. The van der Waals surface area contributed by atoms with Crippen molar-refractivity contribution in [1.29, 1.82) is 0 Å². The van der Waals surface area contributed by atoms with E-state index in [1.54, 1.807) is 11.8 Å². The van der Waals surface area contributed by atoms with Gasteiger partial charge in [0.1, 0.15) is 0 Å². The van der Waals surface area contributed by atoms with Gasteiger partial charge in [-0.05, 0) is 99.3 Å². The molecule has 2 aromatic rings. The smallest absolute Gasteiger partial charge is 0.309 e. The molecule has 0 radical (unpaired) electrons. The number of para-hydroxylation sites is 1. The molecule has 0 aliphatic rings. The Balaban J connectivity index is 2.09. The van der Waals surface area contributed by atoms with Gasteiger partial charge >= 0.3 is 5.97 Å². The van der Waals surface area contributed by atoms with E-state index in [1.165, 1.54) is 6.42 Å². The fourth-order valence-electron chi connectivity index (χ4n) is 3.15. The van der Waals surface area contributed by atoms with E-state index in [0.29, 0.717) is 27.1 Å². The third kappa shape index (κ3) is 8.80. The van der Waals surface area contributed by atoms with Crippen molar-refractivity contribution in [2.75, 3.05) is 23.8 Å². The first-order valence-electron chi connectivity index (χ1n) is 10.9. The molecule has 6 nitrogen and oxygen atoms in total.